The number of aromatic amines is 1. The minimum atomic E-state index is 0.0117. The van der Waals surface area contributed by atoms with E-state index in [1.807, 2.05) is 19.1 Å². The molecule has 1 N–H and O–H groups in total. The molecular weight excluding hydrogens is 310 g/mol. The Hall–Kier alpha value is -1.63. The molecule has 0 bridgehead atoms. The number of H-pyrrole nitrogens is 1. The van der Waals surface area contributed by atoms with Crippen LogP contribution in [0, 0.1) is 6.92 Å². The fourth-order valence-corrected chi connectivity index (χ4v) is 3.84. The van der Waals surface area contributed by atoms with Gasteiger partial charge < -0.3 is 14.6 Å². The molecule has 1 aromatic carbocycles. The monoisotopic (exact) mass is 333 g/mol. The summed E-state index contributed by atoms with van der Waals surface area (Å²) in [5.41, 5.74) is 3.07. The molecule has 0 aliphatic carbocycles. The van der Waals surface area contributed by atoms with Crippen molar-refractivity contribution in [1.29, 1.82) is 0 Å². The zero-order chi connectivity index (χ0) is 16.4. The van der Waals surface area contributed by atoms with Gasteiger partial charge in [0.15, 0.2) is 0 Å². The van der Waals surface area contributed by atoms with Crippen LogP contribution < -0.4 is 9.61 Å². The molecule has 2 aromatic rings. The van der Waals surface area contributed by atoms with E-state index in [0.29, 0.717) is 0 Å². The third-order valence-corrected chi connectivity index (χ3v) is 5.24. The molecule has 0 amide bonds. The second-order valence-corrected chi connectivity index (χ2v) is 7.14. The number of nitrogens with one attached hydrogen (secondary N) is 1. The van der Waals surface area contributed by atoms with Crippen LogP contribution in [0.2, 0.25) is 0 Å². The summed E-state index contributed by atoms with van der Waals surface area (Å²) in [6.45, 7) is 7.10. The van der Waals surface area contributed by atoms with Crippen LogP contribution in [0.5, 0.6) is 5.75 Å². The summed E-state index contributed by atoms with van der Waals surface area (Å²) in [5, 5.41) is 0. The molecular formula is C17H23N3O2S. The van der Waals surface area contributed by atoms with Gasteiger partial charge in [-0.25, -0.2) is 0 Å². The highest BCUT2D eigenvalue weighted by atomic mass is 32.1. The predicted octanol–water partition coefficient (Wildman–Crippen LogP) is 2.17. The van der Waals surface area contributed by atoms with Gasteiger partial charge >= 0.3 is 4.87 Å². The van der Waals surface area contributed by atoms with Gasteiger partial charge in [-0.3, -0.25) is 9.69 Å². The summed E-state index contributed by atoms with van der Waals surface area (Å²) in [5.74, 6) is 0.868. The number of aromatic nitrogens is 1. The lowest BCUT2D eigenvalue weighted by atomic mass is 10.1. The molecule has 5 nitrogen and oxygen atoms in total. The fraction of sp³-hybridized carbons (Fsp3) is 0.471. The molecule has 0 spiro atoms. The number of rotatable bonds is 4. The van der Waals surface area contributed by atoms with Crippen LogP contribution in [0.25, 0.3) is 11.3 Å². The van der Waals surface area contributed by atoms with E-state index < -0.39 is 0 Å². The lowest BCUT2D eigenvalue weighted by molar-refractivity contribution is 0.149. The summed E-state index contributed by atoms with van der Waals surface area (Å²) in [6.07, 6.45) is 0. The van der Waals surface area contributed by atoms with Crippen molar-refractivity contribution in [2.24, 2.45) is 0 Å². The van der Waals surface area contributed by atoms with E-state index in [-0.39, 0.29) is 4.87 Å². The molecule has 1 aromatic heterocycles. The molecule has 1 fully saturated rings. The number of hydrogen-bond donors (Lipinski definition) is 1. The van der Waals surface area contributed by atoms with Crippen LogP contribution in [0.1, 0.15) is 10.4 Å². The van der Waals surface area contributed by atoms with Gasteiger partial charge in [-0.05, 0) is 43.3 Å². The lowest BCUT2D eigenvalue weighted by Crippen LogP contribution is -2.43. The number of benzene rings is 1. The van der Waals surface area contributed by atoms with Crippen LogP contribution in [0.4, 0.5) is 0 Å². The first-order chi connectivity index (χ1) is 11.1. The summed E-state index contributed by atoms with van der Waals surface area (Å²) < 4.78 is 5.32. The summed E-state index contributed by atoms with van der Waals surface area (Å²) in [7, 11) is 3.82. The van der Waals surface area contributed by atoms with Crippen LogP contribution >= 0.6 is 11.3 Å². The molecule has 1 aliphatic rings. The van der Waals surface area contributed by atoms with Crippen LogP contribution in [-0.4, -0.2) is 55.1 Å². The van der Waals surface area contributed by atoms with Gasteiger partial charge in [0.05, 0.1) is 12.8 Å². The van der Waals surface area contributed by atoms with Gasteiger partial charge in [0, 0.05) is 37.6 Å². The molecule has 3 rings (SSSR count). The summed E-state index contributed by atoms with van der Waals surface area (Å²) in [6, 6.07) is 6.04. The summed E-state index contributed by atoms with van der Waals surface area (Å²) >= 11 is 1.32. The minimum Gasteiger partial charge on any atom is -0.496 e. The number of nitrogens with zero attached hydrogens (tertiary/aromatic N) is 2. The van der Waals surface area contributed by atoms with Crippen molar-refractivity contribution in [3.8, 4) is 17.0 Å². The van der Waals surface area contributed by atoms with Gasteiger partial charge in [-0.2, -0.15) is 0 Å². The highest BCUT2D eigenvalue weighted by Crippen LogP contribution is 2.29. The maximum atomic E-state index is 11.9. The second kappa shape index (κ2) is 6.86. The standard InChI is InChI=1S/C17H23N3O2S/c1-12-10-13(4-5-14(12)22-3)16-15(23-17(21)18-16)11-20-8-6-19(2)7-9-20/h4-5,10H,6-9,11H2,1-3H3,(H,18,21). The fourth-order valence-electron chi connectivity index (χ4n) is 2.95. The summed E-state index contributed by atoms with van der Waals surface area (Å²) in [4.78, 5) is 20.8. The normalized spacial score (nSPS) is 16.7. The van der Waals surface area contributed by atoms with Gasteiger partial charge in [-0.15, -0.1) is 0 Å². The lowest BCUT2D eigenvalue weighted by Gasteiger charge is -2.32. The third-order valence-electron chi connectivity index (χ3n) is 4.37. The molecule has 124 valence electrons. The van der Waals surface area contributed by atoms with E-state index >= 15 is 0 Å². The molecule has 6 heteroatoms. The maximum absolute atomic E-state index is 11.9. The average Bonchev–Trinajstić information content (AvgIpc) is 2.90. The Balaban J connectivity index is 1.86. The molecule has 2 heterocycles. The Bertz CT molecular complexity index is 730. The van der Waals surface area contributed by atoms with Crippen molar-refractivity contribution in [2.75, 3.05) is 40.3 Å². The molecule has 23 heavy (non-hydrogen) atoms. The number of piperazine rings is 1. The number of ether oxygens (including phenoxy) is 1. The zero-order valence-electron chi connectivity index (χ0n) is 13.9. The zero-order valence-corrected chi connectivity index (χ0v) is 14.7. The number of hydrogen-bond acceptors (Lipinski definition) is 5. The van der Waals surface area contributed by atoms with Gasteiger partial charge in [0.25, 0.3) is 0 Å². The highest BCUT2D eigenvalue weighted by Gasteiger charge is 2.18. The van der Waals surface area contributed by atoms with Crippen LogP contribution in [-0.2, 0) is 6.54 Å². The highest BCUT2D eigenvalue weighted by molar-refractivity contribution is 7.09. The Labute approximate surface area is 140 Å². The number of thiazole rings is 1. The molecule has 0 saturated carbocycles. The first-order valence-electron chi connectivity index (χ1n) is 7.84. The Morgan fingerprint density at radius 2 is 2.00 bits per heavy atom. The van der Waals surface area contributed by atoms with E-state index in [9.17, 15) is 4.79 Å². The van der Waals surface area contributed by atoms with Crippen molar-refractivity contribution in [2.45, 2.75) is 13.5 Å². The topological polar surface area (TPSA) is 48.6 Å². The maximum Gasteiger partial charge on any atom is 0.305 e. The number of methoxy groups -OCH3 is 1. The first kappa shape index (κ1) is 16.2. The van der Waals surface area contributed by atoms with Crippen molar-refractivity contribution < 1.29 is 4.74 Å². The van der Waals surface area contributed by atoms with E-state index in [0.717, 1.165) is 60.2 Å². The van der Waals surface area contributed by atoms with Gasteiger partial charge in [0.1, 0.15) is 5.75 Å². The second-order valence-electron chi connectivity index (χ2n) is 6.08. The Morgan fingerprint density at radius 1 is 1.26 bits per heavy atom. The van der Waals surface area contributed by atoms with Gasteiger partial charge in [0.2, 0.25) is 0 Å². The number of aryl methyl sites for hydroxylation is 1. The van der Waals surface area contributed by atoms with Crippen LogP contribution in [0.15, 0.2) is 23.0 Å². The third kappa shape index (κ3) is 3.65. The average molecular weight is 333 g/mol. The quantitative estimate of drug-likeness (QED) is 0.932. The molecule has 0 atom stereocenters. The van der Waals surface area contributed by atoms with Crippen molar-refractivity contribution in [1.82, 2.24) is 14.8 Å². The smallest absolute Gasteiger partial charge is 0.305 e. The molecule has 1 saturated heterocycles. The largest absolute Gasteiger partial charge is 0.496 e. The van der Waals surface area contributed by atoms with Crippen molar-refractivity contribution in [3.05, 3.63) is 38.3 Å². The van der Waals surface area contributed by atoms with E-state index in [1.54, 1.807) is 7.11 Å². The molecule has 0 radical (unpaired) electrons. The van der Waals surface area contributed by atoms with Crippen LogP contribution in [0.3, 0.4) is 0 Å². The van der Waals surface area contributed by atoms with E-state index in [4.69, 9.17) is 4.74 Å². The SMILES string of the molecule is COc1ccc(-c2[nH]c(=O)sc2CN2CCN(C)CC2)cc1C. The predicted molar refractivity (Wildman–Crippen MR) is 94.4 cm³/mol. The molecule has 0 unspecified atom stereocenters. The van der Waals surface area contributed by atoms with E-state index in [1.165, 1.54) is 11.3 Å². The first-order valence-corrected chi connectivity index (χ1v) is 8.66. The molecule has 1 aliphatic heterocycles. The Morgan fingerprint density at radius 3 is 2.65 bits per heavy atom. The van der Waals surface area contributed by atoms with Crippen molar-refractivity contribution >= 4 is 11.3 Å². The van der Waals surface area contributed by atoms with E-state index in [2.05, 4.69) is 27.9 Å². The van der Waals surface area contributed by atoms with Crippen molar-refractivity contribution in [3.63, 3.8) is 0 Å². The number of likely N-dealkylation sites (N-methyl/N-ethyl adjacent to an activating group) is 1. The van der Waals surface area contributed by atoms with Gasteiger partial charge in [-0.1, -0.05) is 11.3 Å². The minimum absolute atomic E-state index is 0.0117. The Kier molecular flexibility index (Phi) is 4.84.